The number of rotatable bonds is 6. The smallest absolute Gasteiger partial charge is 0.339 e. The van der Waals surface area contributed by atoms with E-state index < -0.39 is 5.97 Å². The number of benzene rings is 1. The van der Waals surface area contributed by atoms with Crippen LogP contribution in [0.1, 0.15) is 53.2 Å². The molecule has 0 radical (unpaired) electrons. The molecular formula is C20H23NO5S. The second-order valence-corrected chi connectivity index (χ2v) is 8.14. The SMILES string of the molecule is CC1(C)CC(NC(=O)c2ccccc2SCc2occc2C(=O)O)CCO1. The third kappa shape index (κ3) is 4.93. The van der Waals surface area contributed by atoms with E-state index in [1.165, 1.54) is 24.1 Å². The van der Waals surface area contributed by atoms with Crippen LogP contribution in [-0.2, 0) is 10.5 Å². The van der Waals surface area contributed by atoms with Crippen LogP contribution in [0.4, 0.5) is 0 Å². The summed E-state index contributed by atoms with van der Waals surface area (Å²) in [5.74, 6) is -0.427. The lowest BCUT2D eigenvalue weighted by molar-refractivity contribution is -0.0615. The van der Waals surface area contributed by atoms with Gasteiger partial charge in [0.25, 0.3) is 5.91 Å². The molecule has 7 heteroatoms. The topological polar surface area (TPSA) is 88.8 Å². The molecule has 1 aromatic heterocycles. The van der Waals surface area contributed by atoms with Crippen LogP contribution in [0.3, 0.4) is 0 Å². The van der Waals surface area contributed by atoms with Crippen LogP contribution in [0.5, 0.6) is 0 Å². The number of nitrogens with one attached hydrogen (secondary N) is 1. The van der Waals surface area contributed by atoms with Crippen molar-refractivity contribution < 1.29 is 23.8 Å². The van der Waals surface area contributed by atoms with Gasteiger partial charge in [-0.3, -0.25) is 4.79 Å². The first-order chi connectivity index (χ1) is 12.9. The highest BCUT2D eigenvalue weighted by Gasteiger charge is 2.30. The normalized spacial score (nSPS) is 18.8. The Morgan fingerprint density at radius 1 is 1.26 bits per heavy atom. The average molecular weight is 389 g/mol. The maximum Gasteiger partial charge on any atom is 0.339 e. The fourth-order valence-corrected chi connectivity index (χ4v) is 4.19. The minimum absolute atomic E-state index is 0.0722. The average Bonchev–Trinajstić information content (AvgIpc) is 3.08. The molecule has 6 nitrogen and oxygen atoms in total. The van der Waals surface area contributed by atoms with Crippen LogP contribution in [0.2, 0.25) is 0 Å². The third-order valence-electron chi connectivity index (χ3n) is 4.50. The Hall–Kier alpha value is -2.25. The van der Waals surface area contributed by atoms with E-state index in [0.717, 1.165) is 17.7 Å². The summed E-state index contributed by atoms with van der Waals surface area (Å²) in [6.45, 7) is 4.68. The van der Waals surface area contributed by atoms with E-state index in [0.29, 0.717) is 23.7 Å². The van der Waals surface area contributed by atoms with Gasteiger partial charge in [-0.05, 0) is 44.9 Å². The lowest BCUT2D eigenvalue weighted by Crippen LogP contribution is -2.45. The van der Waals surface area contributed by atoms with Crippen LogP contribution >= 0.6 is 11.8 Å². The van der Waals surface area contributed by atoms with Crippen molar-refractivity contribution in [3.8, 4) is 0 Å². The predicted octanol–water partition coefficient (Wildman–Crippen LogP) is 3.96. The Balaban J connectivity index is 1.69. The fourth-order valence-electron chi connectivity index (χ4n) is 3.18. The second-order valence-electron chi connectivity index (χ2n) is 7.12. The molecule has 0 saturated carbocycles. The van der Waals surface area contributed by atoms with E-state index in [1.807, 2.05) is 32.0 Å². The van der Waals surface area contributed by atoms with E-state index >= 15 is 0 Å². The molecule has 144 valence electrons. The van der Waals surface area contributed by atoms with Gasteiger partial charge in [0.2, 0.25) is 0 Å². The van der Waals surface area contributed by atoms with Crippen LogP contribution < -0.4 is 5.32 Å². The van der Waals surface area contributed by atoms with E-state index in [9.17, 15) is 14.7 Å². The van der Waals surface area contributed by atoms with Gasteiger partial charge in [0.05, 0.1) is 23.2 Å². The predicted molar refractivity (Wildman–Crippen MR) is 102 cm³/mol. The number of carboxylic acids is 1. The van der Waals surface area contributed by atoms with Gasteiger partial charge in [-0.1, -0.05) is 12.1 Å². The quantitative estimate of drug-likeness (QED) is 0.727. The summed E-state index contributed by atoms with van der Waals surface area (Å²) in [5, 5.41) is 12.3. The molecule has 1 amide bonds. The number of carbonyl (C=O) groups excluding carboxylic acids is 1. The molecule has 3 rings (SSSR count). The summed E-state index contributed by atoms with van der Waals surface area (Å²) in [7, 11) is 0. The molecule has 2 N–H and O–H groups in total. The second kappa shape index (κ2) is 8.19. The van der Waals surface area contributed by atoms with Crippen molar-refractivity contribution in [2.75, 3.05) is 6.61 Å². The summed E-state index contributed by atoms with van der Waals surface area (Å²) in [4.78, 5) is 24.8. The summed E-state index contributed by atoms with van der Waals surface area (Å²) >= 11 is 1.38. The van der Waals surface area contributed by atoms with Crippen molar-refractivity contribution in [3.05, 3.63) is 53.5 Å². The number of carbonyl (C=O) groups is 2. The fraction of sp³-hybridized carbons (Fsp3) is 0.400. The van der Waals surface area contributed by atoms with Crippen LogP contribution in [-0.4, -0.2) is 35.2 Å². The summed E-state index contributed by atoms with van der Waals surface area (Å²) in [5.41, 5.74) is 0.487. The van der Waals surface area contributed by atoms with Gasteiger partial charge in [0.1, 0.15) is 11.3 Å². The number of thioether (sulfide) groups is 1. The molecule has 0 bridgehead atoms. The van der Waals surface area contributed by atoms with E-state index in [4.69, 9.17) is 9.15 Å². The largest absolute Gasteiger partial charge is 0.478 e. The van der Waals surface area contributed by atoms with Crippen molar-refractivity contribution in [1.82, 2.24) is 5.32 Å². The van der Waals surface area contributed by atoms with Crippen molar-refractivity contribution >= 4 is 23.6 Å². The first-order valence-electron chi connectivity index (χ1n) is 8.82. The van der Waals surface area contributed by atoms with Crippen molar-refractivity contribution in [1.29, 1.82) is 0 Å². The van der Waals surface area contributed by atoms with E-state index in [1.54, 1.807) is 6.07 Å². The molecule has 27 heavy (non-hydrogen) atoms. The van der Waals surface area contributed by atoms with Crippen LogP contribution in [0.15, 0.2) is 45.9 Å². The third-order valence-corrected chi connectivity index (χ3v) is 5.57. The standard InChI is InChI=1S/C20H23NO5S/c1-20(2)11-13(7-10-26-20)21-18(22)15-5-3-4-6-17(15)27-12-16-14(19(23)24)8-9-25-16/h3-6,8-9,13H,7,10-12H2,1-2H3,(H,21,22)(H,23,24). The zero-order chi connectivity index (χ0) is 19.4. The Morgan fingerprint density at radius 3 is 2.78 bits per heavy atom. The zero-order valence-electron chi connectivity index (χ0n) is 15.4. The monoisotopic (exact) mass is 389 g/mol. The summed E-state index contributed by atoms with van der Waals surface area (Å²) in [6, 6.07) is 8.82. The molecule has 1 aromatic carbocycles. The molecule has 2 aromatic rings. The van der Waals surface area contributed by atoms with Gasteiger partial charge in [0.15, 0.2) is 0 Å². The number of aromatic carboxylic acids is 1. The zero-order valence-corrected chi connectivity index (χ0v) is 16.2. The number of amides is 1. The summed E-state index contributed by atoms with van der Waals surface area (Å²) < 4.78 is 11.0. The van der Waals surface area contributed by atoms with Crippen molar-refractivity contribution in [2.45, 2.75) is 49.0 Å². The lowest BCUT2D eigenvalue weighted by atomic mass is 9.94. The van der Waals surface area contributed by atoms with Crippen LogP contribution in [0.25, 0.3) is 0 Å². The number of carboxylic acid groups (broad SMARTS) is 1. The molecule has 1 unspecified atom stereocenters. The molecule has 1 aliphatic heterocycles. The van der Waals surface area contributed by atoms with E-state index in [-0.39, 0.29) is 23.1 Å². The molecule has 1 aliphatic rings. The Bertz CT molecular complexity index is 829. The van der Waals surface area contributed by atoms with Gasteiger partial charge >= 0.3 is 5.97 Å². The molecular weight excluding hydrogens is 366 g/mol. The maximum absolute atomic E-state index is 12.8. The number of furan rings is 1. The van der Waals surface area contributed by atoms with E-state index in [2.05, 4.69) is 5.32 Å². The summed E-state index contributed by atoms with van der Waals surface area (Å²) in [6.07, 6.45) is 2.92. The number of hydrogen-bond donors (Lipinski definition) is 2. The van der Waals surface area contributed by atoms with Crippen molar-refractivity contribution in [2.24, 2.45) is 0 Å². The molecule has 0 aliphatic carbocycles. The van der Waals surface area contributed by atoms with Crippen molar-refractivity contribution in [3.63, 3.8) is 0 Å². The Kier molecular flexibility index (Phi) is 5.92. The molecule has 1 atom stereocenters. The molecule has 1 fully saturated rings. The highest BCUT2D eigenvalue weighted by molar-refractivity contribution is 7.98. The highest BCUT2D eigenvalue weighted by atomic mass is 32.2. The van der Waals surface area contributed by atoms with Gasteiger partial charge in [-0.25, -0.2) is 4.79 Å². The first-order valence-corrected chi connectivity index (χ1v) is 9.80. The van der Waals surface area contributed by atoms with Gasteiger partial charge < -0.3 is 19.6 Å². The molecule has 2 heterocycles. The van der Waals surface area contributed by atoms with Gasteiger partial charge in [-0.15, -0.1) is 11.8 Å². The van der Waals surface area contributed by atoms with Gasteiger partial charge in [-0.2, -0.15) is 0 Å². The minimum atomic E-state index is -1.02. The van der Waals surface area contributed by atoms with Gasteiger partial charge in [0, 0.05) is 17.5 Å². The number of hydrogen-bond acceptors (Lipinski definition) is 5. The number of ether oxygens (including phenoxy) is 1. The molecule has 1 saturated heterocycles. The minimum Gasteiger partial charge on any atom is -0.478 e. The Labute approximate surface area is 162 Å². The Morgan fingerprint density at radius 2 is 2.04 bits per heavy atom. The van der Waals surface area contributed by atoms with Crippen LogP contribution in [0, 0.1) is 0 Å². The lowest BCUT2D eigenvalue weighted by Gasteiger charge is -2.35. The maximum atomic E-state index is 12.8. The molecule has 0 spiro atoms. The highest BCUT2D eigenvalue weighted by Crippen LogP contribution is 2.29. The first kappa shape index (κ1) is 19.5.